The second-order valence-corrected chi connectivity index (χ2v) is 3.71. The molecule has 0 radical (unpaired) electrons. The van der Waals surface area contributed by atoms with E-state index in [1.807, 2.05) is 0 Å². The SMILES string of the molecule is COCCOC1CCCC(OC(N)=O)C1. The van der Waals surface area contributed by atoms with Gasteiger partial charge < -0.3 is 19.9 Å². The molecule has 0 aromatic carbocycles. The molecule has 2 atom stereocenters. The van der Waals surface area contributed by atoms with E-state index in [0.29, 0.717) is 13.2 Å². The molecule has 0 bridgehead atoms. The molecule has 1 aliphatic carbocycles. The summed E-state index contributed by atoms with van der Waals surface area (Å²) >= 11 is 0. The second kappa shape index (κ2) is 6.63. The van der Waals surface area contributed by atoms with Crippen molar-refractivity contribution in [2.45, 2.75) is 37.9 Å². The Morgan fingerprint density at radius 1 is 1.33 bits per heavy atom. The molecule has 1 amide bonds. The monoisotopic (exact) mass is 217 g/mol. The number of carbonyl (C=O) groups is 1. The largest absolute Gasteiger partial charge is 0.446 e. The minimum absolute atomic E-state index is 0.0798. The highest BCUT2D eigenvalue weighted by Crippen LogP contribution is 2.23. The molecule has 1 aliphatic rings. The maximum Gasteiger partial charge on any atom is 0.404 e. The zero-order valence-corrected chi connectivity index (χ0v) is 9.11. The minimum Gasteiger partial charge on any atom is -0.446 e. The van der Waals surface area contributed by atoms with Crippen LogP contribution in [0.4, 0.5) is 4.79 Å². The summed E-state index contributed by atoms with van der Waals surface area (Å²) in [4.78, 5) is 10.6. The zero-order chi connectivity index (χ0) is 11.1. The topological polar surface area (TPSA) is 70.8 Å². The van der Waals surface area contributed by atoms with E-state index in [1.54, 1.807) is 7.11 Å². The van der Waals surface area contributed by atoms with Gasteiger partial charge in [-0.3, -0.25) is 0 Å². The number of rotatable bonds is 5. The molecule has 88 valence electrons. The summed E-state index contributed by atoms with van der Waals surface area (Å²) in [7, 11) is 1.64. The van der Waals surface area contributed by atoms with Crippen LogP contribution in [0.5, 0.6) is 0 Å². The van der Waals surface area contributed by atoms with Crippen molar-refractivity contribution in [2.75, 3.05) is 20.3 Å². The smallest absolute Gasteiger partial charge is 0.404 e. The number of hydrogen-bond acceptors (Lipinski definition) is 4. The molecule has 15 heavy (non-hydrogen) atoms. The molecule has 2 N–H and O–H groups in total. The van der Waals surface area contributed by atoms with Gasteiger partial charge in [-0.25, -0.2) is 4.79 Å². The number of methoxy groups -OCH3 is 1. The van der Waals surface area contributed by atoms with Gasteiger partial charge in [-0.05, 0) is 19.3 Å². The highest BCUT2D eigenvalue weighted by atomic mass is 16.6. The molecule has 0 saturated heterocycles. The summed E-state index contributed by atoms with van der Waals surface area (Å²) in [6, 6.07) is 0. The summed E-state index contributed by atoms with van der Waals surface area (Å²) in [6.07, 6.45) is 3.04. The van der Waals surface area contributed by atoms with Crippen LogP contribution in [0.15, 0.2) is 0 Å². The molecule has 1 saturated carbocycles. The van der Waals surface area contributed by atoms with Crippen molar-refractivity contribution in [1.29, 1.82) is 0 Å². The molecule has 0 aromatic heterocycles. The predicted octanol–water partition coefficient (Wildman–Crippen LogP) is 1.06. The van der Waals surface area contributed by atoms with E-state index in [9.17, 15) is 4.79 Å². The van der Waals surface area contributed by atoms with E-state index in [2.05, 4.69) is 0 Å². The van der Waals surface area contributed by atoms with E-state index in [1.165, 1.54) is 0 Å². The Balaban J connectivity index is 2.19. The normalized spacial score (nSPS) is 26.2. The molecule has 0 spiro atoms. The standard InChI is InChI=1S/C10H19NO4/c1-13-5-6-14-8-3-2-4-9(7-8)15-10(11)12/h8-9H,2-7H2,1H3,(H2,11,12). The molecule has 0 aliphatic heterocycles. The van der Waals surface area contributed by atoms with E-state index in [0.717, 1.165) is 25.7 Å². The van der Waals surface area contributed by atoms with Crippen molar-refractivity contribution in [2.24, 2.45) is 5.73 Å². The van der Waals surface area contributed by atoms with Crippen LogP contribution in [-0.4, -0.2) is 38.6 Å². The highest BCUT2D eigenvalue weighted by Gasteiger charge is 2.24. The van der Waals surface area contributed by atoms with Crippen LogP contribution in [0.2, 0.25) is 0 Å². The first-order chi connectivity index (χ1) is 7.22. The third kappa shape index (κ3) is 4.99. The maximum absolute atomic E-state index is 10.6. The van der Waals surface area contributed by atoms with Crippen LogP contribution in [0.25, 0.3) is 0 Å². The fourth-order valence-electron chi connectivity index (χ4n) is 1.82. The Labute approximate surface area is 89.9 Å². The minimum atomic E-state index is -0.697. The van der Waals surface area contributed by atoms with E-state index in [4.69, 9.17) is 19.9 Å². The Morgan fingerprint density at radius 3 is 2.73 bits per heavy atom. The predicted molar refractivity (Wildman–Crippen MR) is 54.5 cm³/mol. The Morgan fingerprint density at radius 2 is 2.07 bits per heavy atom. The third-order valence-corrected chi connectivity index (χ3v) is 2.50. The van der Waals surface area contributed by atoms with Crippen LogP contribution in [0.1, 0.15) is 25.7 Å². The number of hydrogen-bond donors (Lipinski definition) is 1. The Hall–Kier alpha value is -0.810. The summed E-state index contributed by atoms with van der Waals surface area (Å²) in [5.74, 6) is 0. The van der Waals surface area contributed by atoms with Gasteiger partial charge in [0, 0.05) is 13.5 Å². The van der Waals surface area contributed by atoms with Gasteiger partial charge in [0.05, 0.1) is 19.3 Å². The summed E-state index contributed by atoms with van der Waals surface area (Å²) in [5, 5.41) is 0. The van der Waals surface area contributed by atoms with Gasteiger partial charge in [0.15, 0.2) is 0 Å². The molecule has 1 rings (SSSR count). The first-order valence-electron chi connectivity index (χ1n) is 5.29. The van der Waals surface area contributed by atoms with E-state index < -0.39 is 6.09 Å². The van der Waals surface area contributed by atoms with Crippen molar-refractivity contribution in [3.05, 3.63) is 0 Å². The summed E-state index contributed by atoms with van der Waals surface area (Å²) in [6.45, 7) is 1.18. The van der Waals surface area contributed by atoms with Gasteiger partial charge in [-0.1, -0.05) is 0 Å². The van der Waals surface area contributed by atoms with Crippen molar-refractivity contribution in [3.8, 4) is 0 Å². The lowest BCUT2D eigenvalue weighted by molar-refractivity contribution is -0.0338. The third-order valence-electron chi connectivity index (χ3n) is 2.50. The van der Waals surface area contributed by atoms with Crippen molar-refractivity contribution in [1.82, 2.24) is 0 Å². The number of primary amides is 1. The fraction of sp³-hybridized carbons (Fsp3) is 0.900. The van der Waals surface area contributed by atoms with Gasteiger partial charge in [0.25, 0.3) is 0 Å². The average molecular weight is 217 g/mol. The number of nitrogens with two attached hydrogens (primary N) is 1. The Kier molecular flexibility index (Phi) is 5.42. The summed E-state index contributed by atoms with van der Waals surface area (Å²) < 4.78 is 15.4. The lowest BCUT2D eigenvalue weighted by Gasteiger charge is -2.28. The zero-order valence-electron chi connectivity index (χ0n) is 9.11. The van der Waals surface area contributed by atoms with Gasteiger partial charge in [0.1, 0.15) is 6.10 Å². The number of amides is 1. The van der Waals surface area contributed by atoms with Gasteiger partial charge in [0.2, 0.25) is 0 Å². The van der Waals surface area contributed by atoms with Crippen molar-refractivity contribution < 1.29 is 19.0 Å². The van der Waals surface area contributed by atoms with E-state index >= 15 is 0 Å². The number of ether oxygens (including phenoxy) is 3. The van der Waals surface area contributed by atoms with Crippen LogP contribution in [0.3, 0.4) is 0 Å². The van der Waals surface area contributed by atoms with E-state index in [-0.39, 0.29) is 12.2 Å². The lowest BCUT2D eigenvalue weighted by atomic mass is 9.95. The average Bonchev–Trinajstić information content (AvgIpc) is 2.18. The molecule has 1 fully saturated rings. The first kappa shape index (κ1) is 12.3. The first-order valence-corrected chi connectivity index (χ1v) is 5.29. The Bertz CT molecular complexity index is 198. The van der Waals surface area contributed by atoms with Gasteiger partial charge >= 0.3 is 6.09 Å². The quantitative estimate of drug-likeness (QED) is 0.699. The molecule has 2 unspecified atom stereocenters. The second-order valence-electron chi connectivity index (χ2n) is 3.71. The van der Waals surface area contributed by atoms with Crippen molar-refractivity contribution in [3.63, 3.8) is 0 Å². The molecule has 5 heteroatoms. The molecular weight excluding hydrogens is 198 g/mol. The fourth-order valence-corrected chi connectivity index (χ4v) is 1.82. The highest BCUT2D eigenvalue weighted by molar-refractivity contribution is 5.64. The molecular formula is C10H19NO4. The van der Waals surface area contributed by atoms with Gasteiger partial charge in [-0.2, -0.15) is 0 Å². The van der Waals surface area contributed by atoms with Crippen molar-refractivity contribution >= 4 is 6.09 Å². The maximum atomic E-state index is 10.6. The van der Waals surface area contributed by atoms with Crippen LogP contribution >= 0.6 is 0 Å². The van der Waals surface area contributed by atoms with Gasteiger partial charge in [-0.15, -0.1) is 0 Å². The molecule has 0 aromatic rings. The molecule has 5 nitrogen and oxygen atoms in total. The lowest BCUT2D eigenvalue weighted by Crippen LogP contribution is -2.32. The summed E-state index contributed by atoms with van der Waals surface area (Å²) in [5.41, 5.74) is 4.97. The van der Waals surface area contributed by atoms with Crippen LogP contribution in [-0.2, 0) is 14.2 Å². The molecule has 0 heterocycles. The number of carbonyl (C=O) groups excluding carboxylic acids is 1. The van der Waals surface area contributed by atoms with Crippen LogP contribution < -0.4 is 5.73 Å². The van der Waals surface area contributed by atoms with Crippen LogP contribution in [0, 0.1) is 0 Å².